The first-order valence-electron chi connectivity index (χ1n) is 3.61. The van der Waals surface area contributed by atoms with Crippen LogP contribution in [0.5, 0.6) is 0 Å². The Labute approximate surface area is 57.9 Å². The van der Waals surface area contributed by atoms with Crippen molar-refractivity contribution in [1.29, 1.82) is 0 Å². The molecule has 9 heavy (non-hydrogen) atoms. The van der Waals surface area contributed by atoms with Crippen LogP contribution >= 0.6 is 0 Å². The maximum Gasteiger partial charge on any atom is 0.0283 e. The second kappa shape index (κ2) is 5.83. The molecule has 53 valence electrons. The van der Waals surface area contributed by atoms with Crippen molar-refractivity contribution in [1.82, 2.24) is 5.73 Å². The van der Waals surface area contributed by atoms with Crippen LogP contribution in [0.25, 0.3) is 0 Å². The van der Waals surface area contributed by atoms with Crippen LogP contribution in [0.1, 0.15) is 33.1 Å². The second-order valence-electron chi connectivity index (χ2n) is 2.36. The third-order valence-electron chi connectivity index (χ3n) is 1.38. The largest absolute Gasteiger partial charge is 0.254 e. The second-order valence-corrected chi connectivity index (χ2v) is 2.36. The van der Waals surface area contributed by atoms with Crippen LogP contribution in [-0.2, 0) is 0 Å². The topological polar surface area (TPSA) is 23.8 Å². The molecule has 1 N–H and O–H groups in total. The Hall–Kier alpha value is -0.300. The fourth-order valence-electron chi connectivity index (χ4n) is 0.732. The number of nitrogens with one attached hydrogen (secondary N) is 1. The van der Waals surface area contributed by atoms with E-state index in [1.165, 1.54) is 24.8 Å². The van der Waals surface area contributed by atoms with Crippen LogP contribution < -0.4 is 5.73 Å². The van der Waals surface area contributed by atoms with Gasteiger partial charge in [-0.1, -0.05) is 25.0 Å². The van der Waals surface area contributed by atoms with Crippen LogP contribution in [0.2, 0.25) is 0 Å². The molecule has 0 saturated heterocycles. The van der Waals surface area contributed by atoms with Gasteiger partial charge in [-0.2, -0.15) is 0 Å². The van der Waals surface area contributed by atoms with E-state index >= 15 is 0 Å². The van der Waals surface area contributed by atoms with Crippen molar-refractivity contribution >= 4 is 0 Å². The molecule has 0 saturated carbocycles. The van der Waals surface area contributed by atoms with E-state index in [9.17, 15) is 0 Å². The molecule has 0 fully saturated rings. The van der Waals surface area contributed by atoms with Gasteiger partial charge in [0.05, 0.1) is 0 Å². The van der Waals surface area contributed by atoms with Gasteiger partial charge in [-0.05, 0) is 19.8 Å². The van der Waals surface area contributed by atoms with Crippen molar-refractivity contribution in [3.05, 3.63) is 11.6 Å². The van der Waals surface area contributed by atoms with Gasteiger partial charge in [-0.25, -0.2) is 0 Å². The number of hydrogen-bond acceptors (Lipinski definition) is 0. The minimum atomic E-state index is 0.440. The third-order valence-corrected chi connectivity index (χ3v) is 1.38. The highest BCUT2D eigenvalue weighted by molar-refractivity contribution is 4.97. The van der Waals surface area contributed by atoms with Crippen LogP contribution in [0.4, 0.5) is 0 Å². The molecule has 0 aliphatic heterocycles. The van der Waals surface area contributed by atoms with Gasteiger partial charge in [0.1, 0.15) is 0 Å². The molecule has 0 aromatic heterocycles. The number of unbranched alkanes of at least 4 members (excludes halogenated alkanes) is 1. The quantitative estimate of drug-likeness (QED) is 0.516. The molecule has 0 unspecified atom stereocenters. The lowest BCUT2D eigenvalue weighted by molar-refractivity contribution is 0.784. The standard InChI is InChI=1S/C8H16N/c1-3-4-5-8(2)6-7-9/h6,9H,3-5,7H2,1-2H3/b8-6+. The summed E-state index contributed by atoms with van der Waals surface area (Å²) in [5, 5.41) is 0. The fourth-order valence-corrected chi connectivity index (χ4v) is 0.732. The molecular formula is C8H16N. The summed E-state index contributed by atoms with van der Waals surface area (Å²) in [6.45, 7) is 4.73. The van der Waals surface area contributed by atoms with Gasteiger partial charge in [0, 0.05) is 6.54 Å². The average Bonchev–Trinajstić information content (AvgIpc) is 1.85. The normalized spacial score (nSPS) is 12.1. The van der Waals surface area contributed by atoms with Crippen molar-refractivity contribution < 1.29 is 0 Å². The van der Waals surface area contributed by atoms with E-state index in [1.54, 1.807) is 0 Å². The Morgan fingerprint density at radius 3 is 2.67 bits per heavy atom. The first kappa shape index (κ1) is 8.70. The van der Waals surface area contributed by atoms with Crippen molar-refractivity contribution in [2.45, 2.75) is 33.1 Å². The van der Waals surface area contributed by atoms with Gasteiger partial charge in [0.15, 0.2) is 0 Å². The summed E-state index contributed by atoms with van der Waals surface area (Å²) in [5.41, 5.74) is 8.26. The summed E-state index contributed by atoms with van der Waals surface area (Å²) >= 11 is 0. The van der Waals surface area contributed by atoms with Gasteiger partial charge >= 0.3 is 0 Å². The third kappa shape index (κ3) is 5.57. The molecule has 0 heterocycles. The zero-order valence-corrected chi connectivity index (χ0v) is 6.41. The molecule has 0 atom stereocenters. The highest BCUT2D eigenvalue weighted by Crippen LogP contribution is 2.04. The molecule has 0 spiro atoms. The monoisotopic (exact) mass is 126 g/mol. The van der Waals surface area contributed by atoms with E-state index in [0.29, 0.717) is 6.54 Å². The van der Waals surface area contributed by atoms with E-state index < -0.39 is 0 Å². The zero-order chi connectivity index (χ0) is 7.11. The first-order valence-corrected chi connectivity index (χ1v) is 3.61. The van der Waals surface area contributed by atoms with Crippen LogP contribution in [0.3, 0.4) is 0 Å². The average molecular weight is 126 g/mol. The van der Waals surface area contributed by atoms with Gasteiger partial charge in [0.2, 0.25) is 0 Å². The van der Waals surface area contributed by atoms with Gasteiger partial charge < -0.3 is 0 Å². The number of allylic oxidation sites excluding steroid dienone is 1. The molecule has 0 bridgehead atoms. The predicted octanol–water partition coefficient (Wildman–Crippen LogP) is 2.41. The molecule has 0 aliphatic rings. The summed E-state index contributed by atoms with van der Waals surface area (Å²) in [6, 6.07) is 0. The summed E-state index contributed by atoms with van der Waals surface area (Å²) in [7, 11) is 0. The zero-order valence-electron chi connectivity index (χ0n) is 6.41. The Kier molecular flexibility index (Phi) is 5.64. The molecule has 0 aromatic rings. The lowest BCUT2D eigenvalue weighted by Gasteiger charge is -1.96. The van der Waals surface area contributed by atoms with Crippen molar-refractivity contribution in [2.75, 3.05) is 6.54 Å². The lowest BCUT2D eigenvalue weighted by Crippen LogP contribution is -1.82. The predicted molar refractivity (Wildman–Crippen MR) is 41.2 cm³/mol. The van der Waals surface area contributed by atoms with E-state index in [4.69, 9.17) is 5.73 Å². The van der Waals surface area contributed by atoms with Crippen LogP contribution in [-0.4, -0.2) is 6.54 Å². The molecule has 0 rings (SSSR count). The van der Waals surface area contributed by atoms with Gasteiger partial charge in [0.25, 0.3) is 0 Å². The van der Waals surface area contributed by atoms with Crippen molar-refractivity contribution in [3.8, 4) is 0 Å². The van der Waals surface area contributed by atoms with Crippen molar-refractivity contribution in [3.63, 3.8) is 0 Å². The maximum absolute atomic E-state index is 6.89. The molecule has 1 nitrogen and oxygen atoms in total. The van der Waals surface area contributed by atoms with Gasteiger partial charge in [-0.3, -0.25) is 5.73 Å². The smallest absolute Gasteiger partial charge is 0.0283 e. The van der Waals surface area contributed by atoms with Crippen LogP contribution in [0.15, 0.2) is 11.6 Å². The molecular weight excluding hydrogens is 110 g/mol. The Bertz CT molecular complexity index is 84.6. The Balaban J connectivity index is 3.25. The van der Waals surface area contributed by atoms with Gasteiger partial charge in [-0.15, -0.1) is 0 Å². The van der Waals surface area contributed by atoms with E-state index in [0.717, 1.165) is 0 Å². The number of rotatable bonds is 4. The molecule has 0 aromatic carbocycles. The maximum atomic E-state index is 6.89. The highest BCUT2D eigenvalue weighted by atomic mass is 14.5. The number of hydrogen-bond donors (Lipinski definition) is 0. The van der Waals surface area contributed by atoms with Crippen molar-refractivity contribution in [2.24, 2.45) is 0 Å². The first-order chi connectivity index (χ1) is 4.31. The highest BCUT2D eigenvalue weighted by Gasteiger charge is 1.85. The van der Waals surface area contributed by atoms with E-state index in [2.05, 4.69) is 13.8 Å². The molecule has 1 heteroatoms. The van der Waals surface area contributed by atoms with E-state index in [-0.39, 0.29) is 0 Å². The van der Waals surface area contributed by atoms with Crippen LogP contribution in [0, 0.1) is 0 Å². The summed E-state index contributed by atoms with van der Waals surface area (Å²) in [6.07, 6.45) is 5.68. The fraction of sp³-hybridized carbons (Fsp3) is 0.750. The van der Waals surface area contributed by atoms with E-state index in [1.807, 2.05) is 6.08 Å². The Morgan fingerprint density at radius 1 is 1.56 bits per heavy atom. The minimum Gasteiger partial charge on any atom is -0.254 e. The summed E-state index contributed by atoms with van der Waals surface area (Å²) in [5.74, 6) is 0. The SMILES string of the molecule is CCCC/C(C)=C/C[NH]. The summed E-state index contributed by atoms with van der Waals surface area (Å²) < 4.78 is 0. The Morgan fingerprint density at radius 2 is 2.22 bits per heavy atom. The molecule has 0 aliphatic carbocycles. The lowest BCUT2D eigenvalue weighted by atomic mass is 10.1. The molecule has 0 amide bonds. The summed E-state index contributed by atoms with van der Waals surface area (Å²) in [4.78, 5) is 0. The molecule has 1 radical (unpaired) electrons. The minimum absolute atomic E-state index is 0.440.